The van der Waals surface area contributed by atoms with Crippen LogP contribution in [0, 0.1) is 11.7 Å². The first-order valence-electron chi connectivity index (χ1n) is 6.94. The van der Waals surface area contributed by atoms with Crippen molar-refractivity contribution in [3.05, 3.63) is 48.3 Å². The monoisotopic (exact) mass is 290 g/mol. The van der Waals surface area contributed by atoms with Crippen LogP contribution in [-0.2, 0) is 9.59 Å². The lowest BCUT2D eigenvalue weighted by Gasteiger charge is -2.38. The van der Waals surface area contributed by atoms with Gasteiger partial charge in [-0.2, -0.15) is 0 Å². The molecule has 2 atom stereocenters. The van der Waals surface area contributed by atoms with E-state index in [2.05, 4.69) is 11.9 Å². The van der Waals surface area contributed by atoms with Gasteiger partial charge in [-0.3, -0.25) is 9.59 Å². The summed E-state index contributed by atoms with van der Waals surface area (Å²) < 4.78 is 13.5. The van der Waals surface area contributed by atoms with E-state index in [1.165, 1.54) is 17.0 Å². The Morgan fingerprint density at radius 3 is 3.00 bits per heavy atom. The molecule has 2 amide bonds. The van der Waals surface area contributed by atoms with Gasteiger partial charge < -0.3 is 10.2 Å². The molecule has 1 aliphatic rings. The minimum Gasteiger partial charge on any atom is -0.352 e. The predicted octanol–water partition coefficient (Wildman–Crippen LogP) is 2.04. The molecular formula is C16H19FN2O2. The SMILES string of the molecule is C=CCNC(=O)C1CCC(=O)N(C)C1c1cccc(F)c1. The van der Waals surface area contributed by atoms with E-state index in [1.54, 1.807) is 25.3 Å². The average Bonchev–Trinajstić information content (AvgIpc) is 2.47. The van der Waals surface area contributed by atoms with E-state index in [9.17, 15) is 14.0 Å². The molecule has 2 rings (SSSR count). The lowest BCUT2D eigenvalue weighted by molar-refractivity contribution is -0.141. The Bertz CT molecular complexity index is 559. The summed E-state index contributed by atoms with van der Waals surface area (Å²) >= 11 is 0. The molecule has 4 nitrogen and oxygen atoms in total. The number of carbonyl (C=O) groups excluding carboxylic acids is 2. The fraction of sp³-hybridized carbons (Fsp3) is 0.375. The third kappa shape index (κ3) is 3.29. The standard InChI is InChI=1S/C16H19FN2O2/c1-3-9-18-16(21)13-7-8-14(20)19(2)15(13)11-5-4-6-12(17)10-11/h3-6,10,13,15H,1,7-9H2,2H3,(H,18,21). The molecule has 0 spiro atoms. The van der Waals surface area contributed by atoms with Crippen molar-refractivity contribution in [3.63, 3.8) is 0 Å². The Morgan fingerprint density at radius 2 is 2.33 bits per heavy atom. The summed E-state index contributed by atoms with van der Waals surface area (Å²) in [5, 5.41) is 2.76. The van der Waals surface area contributed by atoms with E-state index < -0.39 is 6.04 Å². The molecule has 1 aliphatic heterocycles. The molecule has 0 radical (unpaired) electrons. The van der Waals surface area contributed by atoms with Crippen LogP contribution in [0.5, 0.6) is 0 Å². The summed E-state index contributed by atoms with van der Waals surface area (Å²) in [5.41, 5.74) is 0.643. The molecule has 5 heteroatoms. The summed E-state index contributed by atoms with van der Waals surface area (Å²) in [7, 11) is 1.66. The number of carbonyl (C=O) groups is 2. The first-order valence-corrected chi connectivity index (χ1v) is 6.94. The van der Waals surface area contributed by atoms with Gasteiger partial charge in [0.15, 0.2) is 0 Å². The molecule has 1 heterocycles. The van der Waals surface area contributed by atoms with Gasteiger partial charge in [0.1, 0.15) is 5.82 Å². The van der Waals surface area contributed by atoms with E-state index >= 15 is 0 Å². The Balaban J connectivity index is 2.31. The quantitative estimate of drug-likeness (QED) is 0.863. The maximum Gasteiger partial charge on any atom is 0.225 e. The van der Waals surface area contributed by atoms with Gasteiger partial charge in [-0.1, -0.05) is 18.2 Å². The Morgan fingerprint density at radius 1 is 1.57 bits per heavy atom. The highest BCUT2D eigenvalue weighted by Gasteiger charge is 2.38. The van der Waals surface area contributed by atoms with Crippen LogP contribution in [0.15, 0.2) is 36.9 Å². The van der Waals surface area contributed by atoms with Crippen molar-refractivity contribution in [2.75, 3.05) is 13.6 Å². The molecule has 2 unspecified atom stereocenters. The predicted molar refractivity (Wildman–Crippen MR) is 77.8 cm³/mol. The fourth-order valence-electron chi connectivity index (χ4n) is 2.76. The number of piperidine rings is 1. The number of nitrogens with one attached hydrogen (secondary N) is 1. The van der Waals surface area contributed by atoms with Crippen molar-refractivity contribution in [1.29, 1.82) is 0 Å². The van der Waals surface area contributed by atoms with Crippen LogP contribution >= 0.6 is 0 Å². The van der Waals surface area contributed by atoms with Crippen molar-refractivity contribution >= 4 is 11.8 Å². The second kappa shape index (κ2) is 6.52. The molecule has 0 aliphatic carbocycles. The van der Waals surface area contributed by atoms with Gasteiger partial charge in [0.05, 0.1) is 12.0 Å². The van der Waals surface area contributed by atoms with Crippen LogP contribution in [0.4, 0.5) is 4.39 Å². The summed E-state index contributed by atoms with van der Waals surface area (Å²) in [6.07, 6.45) is 2.40. The third-order valence-electron chi connectivity index (χ3n) is 3.81. The Kier molecular flexibility index (Phi) is 4.73. The van der Waals surface area contributed by atoms with E-state index in [1.807, 2.05) is 0 Å². The van der Waals surface area contributed by atoms with Gasteiger partial charge in [0.25, 0.3) is 0 Å². The Hall–Kier alpha value is -2.17. The van der Waals surface area contributed by atoms with Crippen molar-refractivity contribution in [2.45, 2.75) is 18.9 Å². The number of halogens is 1. The molecule has 1 aromatic carbocycles. The molecule has 1 fully saturated rings. The third-order valence-corrected chi connectivity index (χ3v) is 3.81. The van der Waals surface area contributed by atoms with Gasteiger partial charge in [-0.05, 0) is 24.1 Å². The number of nitrogens with zero attached hydrogens (tertiary/aromatic N) is 1. The Labute approximate surface area is 123 Å². The van der Waals surface area contributed by atoms with Gasteiger partial charge in [0, 0.05) is 20.0 Å². The number of rotatable bonds is 4. The van der Waals surface area contributed by atoms with Gasteiger partial charge in [-0.25, -0.2) is 4.39 Å². The maximum absolute atomic E-state index is 13.5. The molecule has 112 valence electrons. The highest BCUT2D eigenvalue weighted by Crippen LogP contribution is 2.36. The van der Waals surface area contributed by atoms with E-state index in [-0.39, 0.29) is 23.5 Å². The number of benzene rings is 1. The fourth-order valence-corrected chi connectivity index (χ4v) is 2.76. The summed E-state index contributed by atoms with van der Waals surface area (Å²) in [6, 6.07) is 5.63. The van der Waals surface area contributed by atoms with Crippen LogP contribution in [0.3, 0.4) is 0 Å². The number of amides is 2. The normalized spacial score (nSPS) is 22.0. The largest absolute Gasteiger partial charge is 0.352 e. The summed E-state index contributed by atoms with van der Waals surface area (Å²) in [5.74, 6) is -0.917. The molecule has 0 bridgehead atoms. The molecule has 1 aromatic rings. The van der Waals surface area contributed by atoms with E-state index in [4.69, 9.17) is 0 Å². The van der Waals surface area contributed by atoms with Crippen LogP contribution in [0.2, 0.25) is 0 Å². The number of likely N-dealkylation sites (tertiary alicyclic amines) is 1. The van der Waals surface area contributed by atoms with Gasteiger partial charge in [0.2, 0.25) is 11.8 Å². The highest BCUT2D eigenvalue weighted by molar-refractivity contribution is 5.85. The molecule has 0 saturated carbocycles. The zero-order valence-corrected chi connectivity index (χ0v) is 12.0. The van der Waals surface area contributed by atoms with Crippen LogP contribution < -0.4 is 5.32 Å². The smallest absolute Gasteiger partial charge is 0.225 e. The zero-order chi connectivity index (χ0) is 15.4. The minimum absolute atomic E-state index is 0.0305. The first-order chi connectivity index (χ1) is 10.0. The van der Waals surface area contributed by atoms with Crippen molar-refractivity contribution in [1.82, 2.24) is 10.2 Å². The number of hydrogen-bond acceptors (Lipinski definition) is 2. The molecule has 1 N–H and O–H groups in total. The lowest BCUT2D eigenvalue weighted by atomic mass is 9.84. The average molecular weight is 290 g/mol. The van der Waals surface area contributed by atoms with Crippen LogP contribution in [0.1, 0.15) is 24.4 Å². The highest BCUT2D eigenvalue weighted by atomic mass is 19.1. The molecule has 21 heavy (non-hydrogen) atoms. The number of hydrogen-bond donors (Lipinski definition) is 1. The van der Waals surface area contributed by atoms with Gasteiger partial charge >= 0.3 is 0 Å². The zero-order valence-electron chi connectivity index (χ0n) is 12.0. The summed E-state index contributed by atoms with van der Waals surface area (Å²) in [6.45, 7) is 3.94. The first kappa shape index (κ1) is 15.2. The molecule has 1 saturated heterocycles. The topological polar surface area (TPSA) is 49.4 Å². The molecular weight excluding hydrogens is 271 g/mol. The van der Waals surface area contributed by atoms with Crippen LogP contribution in [0.25, 0.3) is 0 Å². The maximum atomic E-state index is 13.5. The second-order valence-electron chi connectivity index (χ2n) is 5.18. The summed E-state index contributed by atoms with van der Waals surface area (Å²) in [4.78, 5) is 25.8. The van der Waals surface area contributed by atoms with E-state index in [0.29, 0.717) is 24.9 Å². The van der Waals surface area contributed by atoms with Crippen molar-refractivity contribution in [3.8, 4) is 0 Å². The van der Waals surface area contributed by atoms with Gasteiger partial charge in [-0.15, -0.1) is 6.58 Å². The van der Waals surface area contributed by atoms with Crippen molar-refractivity contribution in [2.24, 2.45) is 5.92 Å². The minimum atomic E-state index is -0.438. The second-order valence-corrected chi connectivity index (χ2v) is 5.18. The lowest BCUT2D eigenvalue weighted by Crippen LogP contribution is -2.46. The van der Waals surface area contributed by atoms with E-state index in [0.717, 1.165) is 0 Å². The molecule has 0 aromatic heterocycles. The van der Waals surface area contributed by atoms with Crippen LogP contribution in [-0.4, -0.2) is 30.3 Å². The van der Waals surface area contributed by atoms with Crippen molar-refractivity contribution < 1.29 is 14.0 Å².